The molecule has 0 aromatic rings. The Labute approximate surface area is 130 Å². The van der Waals surface area contributed by atoms with Crippen molar-refractivity contribution in [2.75, 3.05) is 13.2 Å². The summed E-state index contributed by atoms with van der Waals surface area (Å²) in [7, 11) is 0. The maximum absolute atomic E-state index is 9.84. The van der Waals surface area contributed by atoms with E-state index in [2.05, 4.69) is 0 Å². The lowest BCUT2D eigenvalue weighted by atomic mass is 9.98. The molecule has 0 unspecified atom stereocenters. The molecule has 8 N–H and O–H groups in total. The van der Waals surface area contributed by atoms with E-state index in [1.165, 1.54) is 0 Å². The number of rotatable bonds is 4. The third-order valence-corrected chi connectivity index (χ3v) is 3.97. The van der Waals surface area contributed by atoms with E-state index in [0.29, 0.717) is 0 Å². The third kappa shape index (κ3) is 3.65. The first kappa shape index (κ1) is 18.9. The van der Waals surface area contributed by atoms with E-state index in [1.807, 2.05) is 0 Å². The molecule has 0 radical (unpaired) electrons. The second-order valence-electron chi connectivity index (χ2n) is 5.53. The van der Waals surface area contributed by atoms with Crippen LogP contribution in [0.25, 0.3) is 0 Å². The average molecular weight is 342 g/mol. The molecule has 136 valence electrons. The zero-order chi connectivity index (χ0) is 17.3. The van der Waals surface area contributed by atoms with E-state index in [0.717, 1.165) is 0 Å². The molecule has 0 aromatic carbocycles. The topological polar surface area (TPSA) is 190 Å². The molecule has 10 atom stereocenters. The summed E-state index contributed by atoms with van der Waals surface area (Å²) in [5.41, 5.74) is 0. The fourth-order valence-electron chi connectivity index (χ4n) is 2.49. The summed E-state index contributed by atoms with van der Waals surface area (Å²) in [5, 5.41) is 76.4. The van der Waals surface area contributed by atoms with Crippen molar-refractivity contribution in [3.8, 4) is 0 Å². The van der Waals surface area contributed by atoms with E-state index in [4.69, 9.17) is 24.4 Å². The summed E-state index contributed by atoms with van der Waals surface area (Å²) in [6.07, 6.45) is -15.6. The lowest BCUT2D eigenvalue weighted by molar-refractivity contribution is -0.376. The van der Waals surface area contributed by atoms with Gasteiger partial charge in [-0.15, -0.1) is 0 Å². The lowest BCUT2D eigenvalue weighted by Gasteiger charge is -2.44. The van der Waals surface area contributed by atoms with Crippen molar-refractivity contribution in [3.63, 3.8) is 0 Å². The Kier molecular flexibility index (Phi) is 6.27. The molecule has 0 saturated carbocycles. The average Bonchev–Trinajstić information content (AvgIpc) is 2.55. The van der Waals surface area contributed by atoms with Gasteiger partial charge < -0.3 is 55.1 Å². The second-order valence-corrected chi connectivity index (χ2v) is 5.53. The van der Waals surface area contributed by atoms with Crippen molar-refractivity contribution in [3.05, 3.63) is 0 Å². The van der Waals surface area contributed by atoms with Gasteiger partial charge in [-0.1, -0.05) is 0 Å². The van der Waals surface area contributed by atoms with Gasteiger partial charge in [0, 0.05) is 0 Å². The van der Waals surface area contributed by atoms with Crippen LogP contribution in [0.1, 0.15) is 0 Å². The van der Waals surface area contributed by atoms with Gasteiger partial charge in [-0.25, -0.2) is 0 Å². The molecule has 2 aliphatic heterocycles. The van der Waals surface area contributed by atoms with E-state index >= 15 is 0 Å². The molecule has 2 fully saturated rings. The summed E-state index contributed by atoms with van der Waals surface area (Å²) in [6.45, 7) is -1.33. The molecule has 0 aliphatic carbocycles. The van der Waals surface area contributed by atoms with Crippen molar-refractivity contribution in [1.29, 1.82) is 0 Å². The first-order valence-corrected chi connectivity index (χ1v) is 7.08. The second kappa shape index (κ2) is 7.63. The number of aliphatic hydroxyl groups is 8. The third-order valence-electron chi connectivity index (χ3n) is 3.97. The first-order valence-electron chi connectivity index (χ1n) is 7.08. The predicted octanol–water partition coefficient (Wildman–Crippen LogP) is -5.40. The van der Waals surface area contributed by atoms with Crippen LogP contribution in [-0.2, 0) is 14.2 Å². The Morgan fingerprint density at radius 3 is 1.22 bits per heavy atom. The highest BCUT2D eigenvalue weighted by Gasteiger charge is 2.49. The quantitative estimate of drug-likeness (QED) is 0.243. The van der Waals surface area contributed by atoms with Crippen molar-refractivity contribution >= 4 is 0 Å². The highest BCUT2D eigenvalue weighted by molar-refractivity contribution is 4.92. The summed E-state index contributed by atoms with van der Waals surface area (Å²) in [4.78, 5) is 0. The number of aliphatic hydroxyl groups excluding tert-OH is 8. The Morgan fingerprint density at radius 2 is 0.913 bits per heavy atom. The van der Waals surface area contributed by atoms with Gasteiger partial charge in [-0.05, 0) is 0 Å². The van der Waals surface area contributed by atoms with Crippen LogP contribution in [0.5, 0.6) is 0 Å². The normalized spacial score (nSPS) is 51.7. The molecule has 11 heteroatoms. The number of hydrogen-bond donors (Lipinski definition) is 8. The molecule has 23 heavy (non-hydrogen) atoms. The van der Waals surface area contributed by atoms with Gasteiger partial charge in [-0.3, -0.25) is 0 Å². The van der Waals surface area contributed by atoms with Crippen LogP contribution in [0.4, 0.5) is 0 Å². The van der Waals surface area contributed by atoms with Crippen LogP contribution in [-0.4, -0.2) is 115 Å². The van der Waals surface area contributed by atoms with Crippen LogP contribution in [0.2, 0.25) is 0 Å². The van der Waals surface area contributed by atoms with E-state index in [1.54, 1.807) is 0 Å². The van der Waals surface area contributed by atoms with Gasteiger partial charge in [-0.2, -0.15) is 0 Å². The SMILES string of the molecule is OC[C@H]1O[C@@H](O[C@H]2O[C@H](CO)[C@@H](O)[C@H](O)[C@H]2O)[C@@H](O)[C@@H](O)[C@@H]1O. The zero-order valence-electron chi connectivity index (χ0n) is 12.0. The van der Waals surface area contributed by atoms with Gasteiger partial charge in [0.05, 0.1) is 13.2 Å². The smallest absolute Gasteiger partial charge is 0.189 e. The molecule has 2 aliphatic rings. The summed E-state index contributed by atoms with van der Waals surface area (Å²) >= 11 is 0. The molecule has 0 spiro atoms. The van der Waals surface area contributed by atoms with Gasteiger partial charge in [0.25, 0.3) is 0 Å². The fourth-order valence-corrected chi connectivity index (χ4v) is 2.49. The van der Waals surface area contributed by atoms with Crippen molar-refractivity contribution < 1.29 is 55.1 Å². The molecule has 2 rings (SSSR count). The van der Waals surface area contributed by atoms with E-state index in [-0.39, 0.29) is 0 Å². The summed E-state index contributed by atoms with van der Waals surface area (Å²) < 4.78 is 15.3. The molecule has 0 aromatic heterocycles. The first-order chi connectivity index (χ1) is 10.8. The minimum absolute atomic E-state index is 0.667. The van der Waals surface area contributed by atoms with Crippen LogP contribution in [0, 0.1) is 0 Å². The monoisotopic (exact) mass is 342 g/mol. The van der Waals surface area contributed by atoms with Gasteiger partial charge in [0.1, 0.15) is 48.8 Å². The minimum atomic E-state index is -1.72. The highest BCUT2D eigenvalue weighted by Crippen LogP contribution is 2.27. The van der Waals surface area contributed by atoms with Crippen molar-refractivity contribution in [2.24, 2.45) is 0 Å². The maximum atomic E-state index is 9.84. The summed E-state index contributed by atoms with van der Waals surface area (Å²) in [5.74, 6) is 0. The molecule has 0 bridgehead atoms. The van der Waals surface area contributed by atoms with Crippen LogP contribution >= 0.6 is 0 Å². The Hall–Kier alpha value is -0.440. The highest BCUT2D eigenvalue weighted by atomic mass is 16.8. The van der Waals surface area contributed by atoms with Crippen LogP contribution < -0.4 is 0 Å². The number of ether oxygens (including phenoxy) is 3. The van der Waals surface area contributed by atoms with E-state index < -0.39 is 74.6 Å². The molecule has 11 nitrogen and oxygen atoms in total. The van der Waals surface area contributed by atoms with Gasteiger partial charge in [0.15, 0.2) is 12.6 Å². The van der Waals surface area contributed by atoms with Gasteiger partial charge >= 0.3 is 0 Å². The zero-order valence-corrected chi connectivity index (χ0v) is 12.0. The van der Waals surface area contributed by atoms with Gasteiger partial charge in [0.2, 0.25) is 0 Å². The van der Waals surface area contributed by atoms with E-state index in [9.17, 15) is 30.6 Å². The summed E-state index contributed by atoms with van der Waals surface area (Å²) in [6, 6.07) is 0. The Morgan fingerprint density at radius 1 is 0.565 bits per heavy atom. The minimum Gasteiger partial charge on any atom is -0.394 e. The molecular weight excluding hydrogens is 320 g/mol. The van der Waals surface area contributed by atoms with Crippen LogP contribution in [0.3, 0.4) is 0 Å². The number of hydrogen-bond acceptors (Lipinski definition) is 11. The fraction of sp³-hybridized carbons (Fsp3) is 1.00. The lowest BCUT2D eigenvalue weighted by Crippen LogP contribution is -2.63. The largest absolute Gasteiger partial charge is 0.394 e. The van der Waals surface area contributed by atoms with Crippen LogP contribution in [0.15, 0.2) is 0 Å². The standard InChI is InChI=1S/C12H22O11/c13-1-3-5(15)7(17)9(19)11(21-3)23-12-10(20)8(18)6(16)4(2-14)22-12/h3-20H,1-2H2/t3-,4-,5-,6-,7+,8+,9-,10+,11-,12+/m1/s1. The molecule has 2 heterocycles. The van der Waals surface area contributed by atoms with Crippen molar-refractivity contribution in [1.82, 2.24) is 0 Å². The molecule has 2 saturated heterocycles. The Bertz CT molecular complexity index is 344. The maximum Gasteiger partial charge on any atom is 0.189 e. The molecule has 0 amide bonds. The van der Waals surface area contributed by atoms with Crippen molar-refractivity contribution in [2.45, 2.75) is 61.4 Å². The predicted molar refractivity (Wildman–Crippen MR) is 68.6 cm³/mol. The molecular formula is C12H22O11. The Balaban J connectivity index is 2.07.